The van der Waals surface area contributed by atoms with Crippen molar-refractivity contribution in [3.8, 4) is 0 Å². The summed E-state index contributed by atoms with van der Waals surface area (Å²) in [6.07, 6.45) is 0.238. The highest BCUT2D eigenvalue weighted by Gasteiger charge is 2.46. The fourth-order valence-corrected chi connectivity index (χ4v) is 4.01. The Bertz CT molecular complexity index is 860. The summed E-state index contributed by atoms with van der Waals surface area (Å²) < 4.78 is 14.0. The van der Waals surface area contributed by atoms with Gasteiger partial charge in [0.15, 0.2) is 6.04 Å². The van der Waals surface area contributed by atoms with Gasteiger partial charge < -0.3 is 9.80 Å². The number of quaternary nitrogens is 1. The molecule has 6 heteroatoms. The first-order valence-corrected chi connectivity index (χ1v) is 9.32. The third kappa shape index (κ3) is 3.32. The highest BCUT2D eigenvalue weighted by atomic mass is 19.1. The van der Waals surface area contributed by atoms with E-state index in [0.717, 1.165) is 10.5 Å². The first-order valence-electron chi connectivity index (χ1n) is 9.32. The molecule has 0 aromatic heterocycles. The number of imide groups is 1. The normalized spacial score (nSPS) is 21.2. The molecule has 5 nitrogen and oxygen atoms in total. The lowest BCUT2D eigenvalue weighted by atomic mass is 10.1. The molecule has 2 aliphatic heterocycles. The van der Waals surface area contributed by atoms with Crippen molar-refractivity contribution < 1.29 is 18.9 Å². The maximum atomic E-state index is 14.0. The number of hydrogen-bond acceptors (Lipinski definition) is 3. The highest BCUT2D eigenvalue weighted by molar-refractivity contribution is 6.21. The molecule has 1 atom stereocenters. The number of carbonyl (C=O) groups excluding carboxylic acids is 2. The molecule has 140 valence electrons. The highest BCUT2D eigenvalue weighted by Crippen LogP contribution is 2.23. The van der Waals surface area contributed by atoms with E-state index < -0.39 is 0 Å². The second-order valence-corrected chi connectivity index (χ2v) is 7.26. The van der Waals surface area contributed by atoms with E-state index >= 15 is 0 Å². The molecule has 27 heavy (non-hydrogen) atoms. The van der Waals surface area contributed by atoms with Crippen LogP contribution in [0, 0.1) is 12.7 Å². The van der Waals surface area contributed by atoms with Crippen LogP contribution in [0.3, 0.4) is 0 Å². The predicted octanol–water partition coefficient (Wildman–Crippen LogP) is 1.17. The van der Waals surface area contributed by atoms with Crippen LogP contribution in [0.1, 0.15) is 12.0 Å². The Morgan fingerprint density at radius 1 is 1.00 bits per heavy atom. The Hall–Kier alpha value is -2.73. The number of para-hydroxylation sites is 1. The van der Waals surface area contributed by atoms with Gasteiger partial charge in [-0.15, -0.1) is 0 Å². The molecule has 0 bridgehead atoms. The molecule has 2 aromatic carbocycles. The molecule has 2 fully saturated rings. The number of halogens is 1. The van der Waals surface area contributed by atoms with Gasteiger partial charge in [0.25, 0.3) is 5.91 Å². The van der Waals surface area contributed by atoms with Crippen LogP contribution in [-0.4, -0.2) is 44.0 Å². The van der Waals surface area contributed by atoms with E-state index in [2.05, 4.69) is 0 Å². The van der Waals surface area contributed by atoms with Gasteiger partial charge in [-0.25, -0.2) is 9.29 Å². The summed E-state index contributed by atoms with van der Waals surface area (Å²) in [7, 11) is 0. The number of aryl methyl sites for hydroxylation is 1. The fraction of sp³-hybridized carbons (Fsp3) is 0.333. The van der Waals surface area contributed by atoms with E-state index in [9.17, 15) is 14.0 Å². The zero-order valence-electron chi connectivity index (χ0n) is 15.3. The molecular weight excluding hydrogens is 345 g/mol. The zero-order chi connectivity index (χ0) is 19.0. The Morgan fingerprint density at radius 3 is 2.33 bits per heavy atom. The van der Waals surface area contributed by atoms with Gasteiger partial charge in [0.2, 0.25) is 5.91 Å². The number of anilines is 2. The molecule has 2 amide bonds. The van der Waals surface area contributed by atoms with Crippen molar-refractivity contribution in [1.29, 1.82) is 0 Å². The van der Waals surface area contributed by atoms with Crippen LogP contribution >= 0.6 is 0 Å². The second-order valence-electron chi connectivity index (χ2n) is 7.26. The first kappa shape index (κ1) is 17.7. The van der Waals surface area contributed by atoms with Crippen molar-refractivity contribution >= 4 is 23.2 Å². The van der Waals surface area contributed by atoms with Crippen molar-refractivity contribution in [2.24, 2.45) is 0 Å². The quantitative estimate of drug-likeness (QED) is 0.828. The van der Waals surface area contributed by atoms with Crippen LogP contribution in [0.4, 0.5) is 15.8 Å². The summed E-state index contributed by atoms with van der Waals surface area (Å²) in [4.78, 5) is 29.8. The zero-order valence-corrected chi connectivity index (χ0v) is 15.3. The average molecular weight is 368 g/mol. The molecule has 0 aliphatic carbocycles. The monoisotopic (exact) mass is 368 g/mol. The van der Waals surface area contributed by atoms with Crippen LogP contribution in [0.25, 0.3) is 0 Å². The van der Waals surface area contributed by atoms with Gasteiger partial charge in [0.1, 0.15) is 5.82 Å². The minimum absolute atomic E-state index is 0.127. The van der Waals surface area contributed by atoms with Gasteiger partial charge in [-0.1, -0.05) is 29.8 Å². The molecule has 2 saturated heterocycles. The molecule has 1 N–H and O–H groups in total. The summed E-state index contributed by atoms with van der Waals surface area (Å²) in [6, 6.07) is 13.9. The molecule has 2 aliphatic rings. The van der Waals surface area contributed by atoms with Crippen LogP contribution < -0.4 is 14.7 Å². The third-order valence-corrected chi connectivity index (χ3v) is 5.53. The summed E-state index contributed by atoms with van der Waals surface area (Å²) in [6.45, 7) is 4.72. The molecule has 0 unspecified atom stereocenters. The van der Waals surface area contributed by atoms with Crippen molar-refractivity contribution in [3.63, 3.8) is 0 Å². The standard InChI is InChI=1S/C21H22FN3O2/c1-15-6-8-16(9-7-15)25-20(26)14-19(21(25)27)24-12-10-23(11-13-24)18-5-3-2-4-17(18)22/h2-9,19H,10-14H2,1H3/p+1/t19-/m1/s1. The predicted molar refractivity (Wildman–Crippen MR) is 101 cm³/mol. The number of nitrogens with one attached hydrogen (secondary N) is 1. The van der Waals surface area contributed by atoms with Gasteiger partial charge in [-0.2, -0.15) is 0 Å². The van der Waals surface area contributed by atoms with Crippen molar-refractivity contribution in [2.45, 2.75) is 19.4 Å². The van der Waals surface area contributed by atoms with Gasteiger partial charge in [-0.05, 0) is 31.2 Å². The fourth-order valence-electron chi connectivity index (χ4n) is 4.01. The van der Waals surface area contributed by atoms with E-state index in [0.29, 0.717) is 37.6 Å². The van der Waals surface area contributed by atoms with Gasteiger partial charge >= 0.3 is 0 Å². The third-order valence-electron chi connectivity index (χ3n) is 5.53. The second kappa shape index (κ2) is 7.12. The van der Waals surface area contributed by atoms with Gasteiger partial charge in [0, 0.05) is 0 Å². The number of carbonyl (C=O) groups is 2. The smallest absolute Gasteiger partial charge is 0.292 e. The Kier molecular flexibility index (Phi) is 4.66. The number of benzene rings is 2. The van der Waals surface area contributed by atoms with E-state index in [4.69, 9.17) is 0 Å². The number of piperazine rings is 1. The summed E-state index contributed by atoms with van der Waals surface area (Å²) in [5.41, 5.74) is 2.33. The molecule has 4 rings (SSSR count). The minimum Gasteiger partial charge on any atom is -0.358 e. The summed E-state index contributed by atoms with van der Waals surface area (Å²) >= 11 is 0. The maximum Gasteiger partial charge on any atom is 0.292 e. The molecule has 2 heterocycles. The van der Waals surface area contributed by atoms with Crippen LogP contribution in [0.15, 0.2) is 48.5 Å². The lowest BCUT2D eigenvalue weighted by Crippen LogP contribution is -3.19. The Morgan fingerprint density at radius 2 is 1.67 bits per heavy atom. The lowest BCUT2D eigenvalue weighted by Gasteiger charge is -2.35. The topological polar surface area (TPSA) is 45.1 Å². The number of amides is 2. The van der Waals surface area contributed by atoms with Gasteiger partial charge in [0.05, 0.1) is 44.0 Å². The van der Waals surface area contributed by atoms with E-state index in [-0.39, 0.29) is 30.1 Å². The van der Waals surface area contributed by atoms with Crippen molar-refractivity contribution in [3.05, 3.63) is 59.9 Å². The van der Waals surface area contributed by atoms with E-state index in [1.54, 1.807) is 12.1 Å². The molecule has 0 spiro atoms. The number of nitrogens with zero attached hydrogens (tertiary/aromatic N) is 2. The molecule has 0 saturated carbocycles. The van der Waals surface area contributed by atoms with Gasteiger partial charge in [-0.3, -0.25) is 9.59 Å². The van der Waals surface area contributed by atoms with Crippen LogP contribution in [0.5, 0.6) is 0 Å². The van der Waals surface area contributed by atoms with E-state index in [1.165, 1.54) is 11.0 Å². The first-order chi connectivity index (χ1) is 13.0. The van der Waals surface area contributed by atoms with Crippen LogP contribution in [0.2, 0.25) is 0 Å². The summed E-state index contributed by atoms with van der Waals surface area (Å²) in [5, 5.41) is 0. The average Bonchev–Trinajstić information content (AvgIpc) is 2.97. The van der Waals surface area contributed by atoms with Crippen LogP contribution in [-0.2, 0) is 9.59 Å². The Balaban J connectivity index is 1.44. The minimum atomic E-state index is -0.346. The van der Waals surface area contributed by atoms with Crippen molar-refractivity contribution in [1.82, 2.24) is 0 Å². The number of hydrogen-bond donors (Lipinski definition) is 1. The molecule has 2 aromatic rings. The summed E-state index contributed by atoms with van der Waals surface area (Å²) in [5.74, 6) is -0.491. The Labute approximate surface area is 158 Å². The number of rotatable bonds is 3. The molecular formula is C21H23FN3O2+. The largest absolute Gasteiger partial charge is 0.358 e. The lowest BCUT2D eigenvalue weighted by molar-refractivity contribution is -0.915. The van der Waals surface area contributed by atoms with Crippen molar-refractivity contribution in [2.75, 3.05) is 36.0 Å². The maximum absolute atomic E-state index is 14.0. The molecule has 0 radical (unpaired) electrons. The van der Waals surface area contributed by atoms with E-state index in [1.807, 2.05) is 42.2 Å². The SMILES string of the molecule is Cc1ccc(N2C(=O)C[C@@H]([NH+]3CCN(c4ccccc4F)CC3)C2=O)cc1.